The Morgan fingerprint density at radius 2 is 2.20 bits per heavy atom. The Balaban J connectivity index is 1.86. The van der Waals surface area contributed by atoms with Crippen LogP contribution in [-0.4, -0.2) is 15.9 Å². The van der Waals surface area contributed by atoms with Crippen LogP contribution in [0.25, 0.3) is 0 Å². The minimum atomic E-state index is 0.554. The van der Waals surface area contributed by atoms with Crippen molar-refractivity contribution in [1.29, 1.82) is 0 Å². The summed E-state index contributed by atoms with van der Waals surface area (Å²) in [5, 5.41) is 4.43. The molecule has 1 aliphatic rings. The van der Waals surface area contributed by atoms with E-state index in [0.29, 0.717) is 5.41 Å². The molecule has 1 fully saturated rings. The van der Waals surface area contributed by atoms with Crippen LogP contribution in [-0.2, 0) is 6.42 Å². The quantitative estimate of drug-likeness (QED) is 0.836. The molecule has 3 nitrogen and oxygen atoms in total. The zero-order valence-corrected chi connectivity index (χ0v) is 10.4. The van der Waals surface area contributed by atoms with E-state index in [1.54, 1.807) is 0 Å². The van der Waals surface area contributed by atoms with Gasteiger partial charge in [0.2, 0.25) is 5.13 Å². The highest BCUT2D eigenvalue weighted by Gasteiger charge is 2.34. The molecule has 0 unspecified atom stereocenters. The van der Waals surface area contributed by atoms with E-state index >= 15 is 0 Å². The van der Waals surface area contributed by atoms with Gasteiger partial charge in [0.15, 0.2) is 0 Å². The lowest BCUT2D eigenvalue weighted by atomic mass is 9.67. The zero-order chi connectivity index (χ0) is 10.7. The summed E-state index contributed by atoms with van der Waals surface area (Å²) in [6, 6.07) is 0. The molecule has 0 aliphatic heterocycles. The highest BCUT2D eigenvalue weighted by Crippen LogP contribution is 2.43. The van der Waals surface area contributed by atoms with E-state index in [4.69, 9.17) is 0 Å². The van der Waals surface area contributed by atoms with Crippen LogP contribution >= 0.6 is 11.5 Å². The van der Waals surface area contributed by atoms with Crippen molar-refractivity contribution >= 4 is 16.7 Å². The molecule has 0 bridgehead atoms. The molecule has 2 rings (SSSR count). The molecule has 1 aromatic heterocycles. The van der Waals surface area contributed by atoms with Crippen LogP contribution in [0.1, 0.15) is 45.4 Å². The topological polar surface area (TPSA) is 37.8 Å². The maximum absolute atomic E-state index is 4.42. The van der Waals surface area contributed by atoms with E-state index in [-0.39, 0.29) is 0 Å². The average Bonchev–Trinajstić information content (AvgIpc) is 2.65. The van der Waals surface area contributed by atoms with Gasteiger partial charge < -0.3 is 5.32 Å². The third-order valence-corrected chi connectivity index (χ3v) is 4.27. The standard InChI is InChI=1S/C11H19N3S/c1-3-9-13-10(15-14-9)12-8-11(4-2)6-5-7-11/h3-8H2,1-2H3,(H,12,13,14). The fourth-order valence-corrected chi connectivity index (χ4v) is 2.71. The number of hydrogen-bond acceptors (Lipinski definition) is 4. The number of anilines is 1. The second-order valence-corrected chi connectivity index (χ2v) is 5.18. The molecule has 0 atom stereocenters. The Kier molecular flexibility index (Phi) is 3.24. The monoisotopic (exact) mass is 225 g/mol. The van der Waals surface area contributed by atoms with Gasteiger partial charge >= 0.3 is 0 Å². The number of hydrogen-bond donors (Lipinski definition) is 1. The van der Waals surface area contributed by atoms with Crippen molar-refractivity contribution in [3.63, 3.8) is 0 Å². The van der Waals surface area contributed by atoms with E-state index in [1.807, 2.05) is 0 Å². The third-order valence-electron chi connectivity index (χ3n) is 3.56. The van der Waals surface area contributed by atoms with Crippen LogP contribution in [0.2, 0.25) is 0 Å². The minimum absolute atomic E-state index is 0.554. The van der Waals surface area contributed by atoms with Crippen molar-refractivity contribution in [1.82, 2.24) is 9.36 Å². The Morgan fingerprint density at radius 3 is 2.67 bits per heavy atom. The number of nitrogens with one attached hydrogen (secondary N) is 1. The van der Waals surface area contributed by atoms with Crippen molar-refractivity contribution in [3.05, 3.63) is 5.82 Å². The Labute approximate surface area is 95.5 Å². The summed E-state index contributed by atoms with van der Waals surface area (Å²) in [5.74, 6) is 0.960. The van der Waals surface area contributed by atoms with Crippen LogP contribution in [0.4, 0.5) is 5.13 Å². The lowest BCUT2D eigenvalue weighted by Gasteiger charge is -2.41. The summed E-state index contributed by atoms with van der Waals surface area (Å²) < 4.78 is 4.27. The fraction of sp³-hybridized carbons (Fsp3) is 0.818. The van der Waals surface area contributed by atoms with Gasteiger partial charge in [0.1, 0.15) is 5.82 Å². The second kappa shape index (κ2) is 4.47. The van der Waals surface area contributed by atoms with Crippen LogP contribution in [0.15, 0.2) is 0 Å². The van der Waals surface area contributed by atoms with E-state index in [9.17, 15) is 0 Å². The summed E-state index contributed by atoms with van der Waals surface area (Å²) >= 11 is 1.49. The molecular formula is C11H19N3S. The summed E-state index contributed by atoms with van der Waals surface area (Å²) in [6.45, 7) is 5.45. The Hall–Kier alpha value is -0.640. The Morgan fingerprint density at radius 1 is 1.40 bits per heavy atom. The lowest BCUT2D eigenvalue weighted by molar-refractivity contribution is 0.145. The van der Waals surface area contributed by atoms with Crippen LogP contribution < -0.4 is 5.32 Å². The van der Waals surface area contributed by atoms with Crippen molar-refractivity contribution in [2.45, 2.75) is 46.0 Å². The molecule has 1 heterocycles. The molecule has 0 saturated heterocycles. The molecule has 0 amide bonds. The van der Waals surface area contributed by atoms with Gasteiger partial charge in [-0.2, -0.15) is 4.37 Å². The largest absolute Gasteiger partial charge is 0.360 e. The van der Waals surface area contributed by atoms with Gasteiger partial charge in [-0.3, -0.25) is 0 Å². The number of aryl methyl sites for hydroxylation is 1. The van der Waals surface area contributed by atoms with Crippen molar-refractivity contribution in [2.75, 3.05) is 11.9 Å². The van der Waals surface area contributed by atoms with Gasteiger partial charge in [-0.25, -0.2) is 4.98 Å². The first-order valence-electron chi connectivity index (χ1n) is 5.84. The van der Waals surface area contributed by atoms with E-state index in [1.165, 1.54) is 37.2 Å². The molecule has 1 N–H and O–H groups in total. The number of nitrogens with zero attached hydrogens (tertiary/aromatic N) is 2. The highest BCUT2D eigenvalue weighted by atomic mass is 32.1. The molecule has 0 spiro atoms. The summed E-state index contributed by atoms with van der Waals surface area (Å²) in [7, 11) is 0. The van der Waals surface area contributed by atoms with Crippen LogP contribution in [0.3, 0.4) is 0 Å². The zero-order valence-electron chi connectivity index (χ0n) is 9.55. The van der Waals surface area contributed by atoms with Gasteiger partial charge in [0.05, 0.1) is 0 Å². The van der Waals surface area contributed by atoms with Crippen LogP contribution in [0, 0.1) is 5.41 Å². The van der Waals surface area contributed by atoms with Gasteiger partial charge in [0.25, 0.3) is 0 Å². The molecule has 84 valence electrons. The molecule has 0 radical (unpaired) electrons. The smallest absolute Gasteiger partial charge is 0.202 e. The Bertz CT molecular complexity index is 312. The minimum Gasteiger partial charge on any atom is -0.360 e. The molecular weight excluding hydrogens is 206 g/mol. The maximum Gasteiger partial charge on any atom is 0.202 e. The SMILES string of the molecule is CCc1nsc(NCC2(CC)CCC2)n1. The molecule has 15 heavy (non-hydrogen) atoms. The maximum atomic E-state index is 4.42. The first-order valence-corrected chi connectivity index (χ1v) is 6.62. The molecule has 1 aromatic rings. The van der Waals surface area contributed by atoms with Crippen molar-refractivity contribution in [2.24, 2.45) is 5.41 Å². The molecule has 4 heteroatoms. The molecule has 0 aromatic carbocycles. The lowest BCUT2D eigenvalue weighted by Crippen LogP contribution is -2.35. The second-order valence-electron chi connectivity index (χ2n) is 4.43. The third kappa shape index (κ3) is 2.30. The molecule has 1 aliphatic carbocycles. The summed E-state index contributed by atoms with van der Waals surface area (Å²) in [4.78, 5) is 4.42. The predicted molar refractivity (Wildman–Crippen MR) is 64.4 cm³/mol. The highest BCUT2D eigenvalue weighted by molar-refractivity contribution is 7.09. The number of aromatic nitrogens is 2. The summed E-state index contributed by atoms with van der Waals surface area (Å²) in [5.41, 5.74) is 0.554. The first-order chi connectivity index (χ1) is 7.28. The van der Waals surface area contributed by atoms with Gasteiger partial charge in [-0.1, -0.05) is 20.3 Å². The average molecular weight is 225 g/mol. The van der Waals surface area contributed by atoms with Gasteiger partial charge in [-0.15, -0.1) is 0 Å². The number of rotatable bonds is 5. The van der Waals surface area contributed by atoms with Gasteiger partial charge in [0, 0.05) is 24.5 Å². The first kappa shape index (κ1) is 10.9. The summed E-state index contributed by atoms with van der Waals surface area (Å²) in [6.07, 6.45) is 6.34. The molecule has 1 saturated carbocycles. The van der Waals surface area contributed by atoms with E-state index < -0.39 is 0 Å². The fourth-order valence-electron chi connectivity index (χ4n) is 2.06. The van der Waals surface area contributed by atoms with Gasteiger partial charge in [-0.05, 0) is 24.7 Å². The van der Waals surface area contributed by atoms with Crippen molar-refractivity contribution in [3.8, 4) is 0 Å². The van der Waals surface area contributed by atoms with Crippen LogP contribution in [0.5, 0.6) is 0 Å². The van der Waals surface area contributed by atoms with Crippen molar-refractivity contribution < 1.29 is 0 Å². The van der Waals surface area contributed by atoms with E-state index in [2.05, 4.69) is 28.5 Å². The normalized spacial score (nSPS) is 18.5. The van der Waals surface area contributed by atoms with E-state index in [0.717, 1.165) is 23.9 Å². The predicted octanol–water partition coefficient (Wildman–Crippen LogP) is 3.09.